The number of hydrogen-bond donors (Lipinski definition) is 0. The van der Waals surface area contributed by atoms with Crippen molar-refractivity contribution in [3.05, 3.63) is 53.6 Å². The van der Waals surface area contributed by atoms with Crippen molar-refractivity contribution in [2.24, 2.45) is 10.3 Å². The summed E-state index contributed by atoms with van der Waals surface area (Å²) in [5.74, 6) is -0.0268. The van der Waals surface area contributed by atoms with E-state index < -0.39 is 12.1 Å². The van der Waals surface area contributed by atoms with Gasteiger partial charge in [-0.15, -0.1) is 0 Å². The molecule has 2 aromatic rings. The van der Waals surface area contributed by atoms with E-state index in [0.29, 0.717) is 17.1 Å². The number of rotatable bonds is 3. The number of anilines is 2. The number of nitrogens with zero attached hydrogens (tertiary/aromatic N) is 4. The number of carbonyl (C=O) groups excluding carboxylic acids is 2. The molecule has 1 saturated heterocycles. The van der Waals surface area contributed by atoms with Crippen LogP contribution in [0.5, 0.6) is 5.75 Å². The van der Waals surface area contributed by atoms with Gasteiger partial charge in [-0.25, -0.2) is 9.91 Å². The minimum Gasteiger partial charge on any atom is -0.497 e. The molecule has 2 amide bonds. The molecule has 2 aromatic carbocycles. The van der Waals surface area contributed by atoms with Crippen LogP contribution < -0.4 is 14.6 Å². The number of fused-ring (bicyclic) bond motifs is 1. The summed E-state index contributed by atoms with van der Waals surface area (Å²) in [6.45, 7) is 3.87. The van der Waals surface area contributed by atoms with Crippen molar-refractivity contribution < 1.29 is 14.3 Å². The predicted molar refractivity (Wildman–Crippen MR) is 96.3 cm³/mol. The summed E-state index contributed by atoms with van der Waals surface area (Å²) in [5.41, 5.74) is 3.21. The third-order valence-corrected chi connectivity index (χ3v) is 4.56. The maximum atomic E-state index is 13.1. The maximum Gasteiger partial charge on any atom is 0.263 e. The van der Waals surface area contributed by atoms with Gasteiger partial charge >= 0.3 is 0 Å². The Hall–Kier alpha value is -3.22. The lowest BCUT2D eigenvalue weighted by Crippen LogP contribution is -2.39. The van der Waals surface area contributed by atoms with Crippen LogP contribution in [0.4, 0.5) is 11.4 Å². The van der Waals surface area contributed by atoms with E-state index in [1.54, 1.807) is 31.4 Å². The summed E-state index contributed by atoms with van der Waals surface area (Å²) < 4.78 is 5.23. The zero-order valence-corrected chi connectivity index (χ0v) is 14.7. The van der Waals surface area contributed by atoms with Gasteiger partial charge in [-0.2, -0.15) is 5.11 Å². The number of imide groups is 1. The summed E-state index contributed by atoms with van der Waals surface area (Å²) in [4.78, 5) is 27.1. The fourth-order valence-electron chi connectivity index (χ4n) is 3.46. The van der Waals surface area contributed by atoms with Crippen molar-refractivity contribution in [1.82, 2.24) is 0 Å². The van der Waals surface area contributed by atoms with Crippen LogP contribution in [0.3, 0.4) is 0 Å². The molecule has 2 aliphatic heterocycles. The van der Waals surface area contributed by atoms with Crippen LogP contribution in [0, 0.1) is 13.8 Å². The molecule has 0 unspecified atom stereocenters. The molecule has 7 nitrogen and oxygen atoms in total. The molecular formula is C19H18N4O3. The van der Waals surface area contributed by atoms with Crippen LogP contribution in [0.1, 0.15) is 11.1 Å². The van der Waals surface area contributed by atoms with Crippen LogP contribution in [-0.4, -0.2) is 31.0 Å². The van der Waals surface area contributed by atoms with Gasteiger partial charge in [0.2, 0.25) is 0 Å². The second kappa shape index (κ2) is 5.94. The third kappa shape index (κ3) is 2.44. The van der Waals surface area contributed by atoms with Crippen LogP contribution in [0.15, 0.2) is 52.8 Å². The van der Waals surface area contributed by atoms with Gasteiger partial charge in [0.25, 0.3) is 11.8 Å². The van der Waals surface area contributed by atoms with Crippen LogP contribution >= 0.6 is 0 Å². The number of benzene rings is 2. The highest BCUT2D eigenvalue weighted by molar-refractivity contribution is 6.26. The van der Waals surface area contributed by atoms with Crippen LogP contribution in [0.25, 0.3) is 0 Å². The van der Waals surface area contributed by atoms with Gasteiger partial charge in [0.1, 0.15) is 5.75 Å². The normalized spacial score (nSPS) is 21.5. The molecule has 2 aliphatic rings. The Balaban J connectivity index is 1.71. The molecule has 2 heterocycles. The first kappa shape index (κ1) is 16.3. The Bertz CT molecular complexity index is 920. The van der Waals surface area contributed by atoms with Gasteiger partial charge in [0.15, 0.2) is 12.1 Å². The maximum absolute atomic E-state index is 13.1. The summed E-state index contributed by atoms with van der Waals surface area (Å²) in [6, 6.07) is 11.2. The molecule has 7 heteroatoms. The molecule has 0 aliphatic carbocycles. The molecule has 2 atom stereocenters. The minimum absolute atomic E-state index is 0.321. The molecule has 132 valence electrons. The van der Waals surface area contributed by atoms with Crippen molar-refractivity contribution in [2.75, 3.05) is 17.0 Å². The molecule has 0 radical (unpaired) electrons. The number of carbonyl (C=O) groups is 2. The van der Waals surface area contributed by atoms with Gasteiger partial charge < -0.3 is 4.74 Å². The van der Waals surface area contributed by atoms with Gasteiger partial charge in [-0.05, 0) is 49.2 Å². The Morgan fingerprint density at radius 3 is 2.38 bits per heavy atom. The summed E-state index contributed by atoms with van der Waals surface area (Å²) in [7, 11) is 1.57. The largest absolute Gasteiger partial charge is 0.497 e. The van der Waals surface area contributed by atoms with Crippen LogP contribution in [-0.2, 0) is 9.59 Å². The average molecular weight is 350 g/mol. The van der Waals surface area contributed by atoms with E-state index in [0.717, 1.165) is 11.1 Å². The molecule has 4 rings (SSSR count). The average Bonchev–Trinajstić information content (AvgIpc) is 3.15. The van der Waals surface area contributed by atoms with Crippen molar-refractivity contribution in [2.45, 2.75) is 25.9 Å². The highest BCUT2D eigenvalue weighted by atomic mass is 16.5. The van der Waals surface area contributed by atoms with Crippen LogP contribution in [0.2, 0.25) is 0 Å². The number of ether oxygens (including phenoxy) is 1. The lowest BCUT2D eigenvalue weighted by Gasteiger charge is -2.21. The molecule has 0 spiro atoms. The Kier molecular flexibility index (Phi) is 3.72. The second-order valence-corrected chi connectivity index (χ2v) is 6.50. The SMILES string of the molecule is COc1cccc(N2N=N[C@H]3C(=O)N(c4cc(C)cc(C)c4)C(=O)[C@@H]32)c1. The summed E-state index contributed by atoms with van der Waals surface area (Å²) in [5, 5.41) is 9.62. The predicted octanol–water partition coefficient (Wildman–Crippen LogP) is 2.81. The molecule has 0 N–H and O–H groups in total. The van der Waals surface area contributed by atoms with Gasteiger partial charge in [0, 0.05) is 6.07 Å². The standard InChI is InChI=1S/C19H18N4O3/c1-11-7-12(2)9-14(8-11)22-18(24)16-17(19(22)25)23(21-20-16)13-5-4-6-15(10-13)26-3/h4-10,16-17H,1-3H3/t16-,17-/m1/s1. The van der Waals surface area contributed by atoms with E-state index in [2.05, 4.69) is 10.3 Å². The Labute approximate surface area is 150 Å². The number of aryl methyl sites for hydroxylation is 2. The number of hydrogen-bond acceptors (Lipinski definition) is 6. The monoisotopic (exact) mass is 350 g/mol. The third-order valence-electron chi connectivity index (χ3n) is 4.56. The summed E-state index contributed by atoms with van der Waals surface area (Å²) >= 11 is 0. The Morgan fingerprint density at radius 1 is 0.962 bits per heavy atom. The number of amides is 2. The van der Waals surface area contributed by atoms with Crippen molar-refractivity contribution >= 4 is 23.2 Å². The fourth-order valence-corrected chi connectivity index (χ4v) is 3.46. The molecule has 0 saturated carbocycles. The minimum atomic E-state index is -0.825. The number of methoxy groups -OCH3 is 1. The molecule has 0 aromatic heterocycles. The quantitative estimate of drug-likeness (QED) is 0.798. The Morgan fingerprint density at radius 2 is 1.69 bits per heavy atom. The molecular weight excluding hydrogens is 332 g/mol. The first-order chi connectivity index (χ1) is 12.5. The molecule has 1 fully saturated rings. The first-order valence-electron chi connectivity index (χ1n) is 8.30. The summed E-state index contributed by atoms with van der Waals surface area (Å²) in [6.07, 6.45) is 0. The lowest BCUT2D eigenvalue weighted by atomic mass is 10.1. The van der Waals surface area contributed by atoms with E-state index in [9.17, 15) is 9.59 Å². The van der Waals surface area contributed by atoms with Crippen molar-refractivity contribution in [1.29, 1.82) is 0 Å². The lowest BCUT2D eigenvalue weighted by molar-refractivity contribution is -0.121. The van der Waals surface area contributed by atoms with Gasteiger partial charge in [0.05, 0.1) is 18.5 Å². The highest BCUT2D eigenvalue weighted by Gasteiger charge is 2.55. The molecule has 0 bridgehead atoms. The van der Waals surface area contributed by atoms with E-state index in [1.807, 2.05) is 32.0 Å². The van der Waals surface area contributed by atoms with E-state index in [4.69, 9.17) is 4.74 Å². The smallest absolute Gasteiger partial charge is 0.263 e. The topological polar surface area (TPSA) is 74.6 Å². The first-order valence-corrected chi connectivity index (χ1v) is 8.30. The van der Waals surface area contributed by atoms with Crippen molar-refractivity contribution in [3.63, 3.8) is 0 Å². The van der Waals surface area contributed by atoms with Gasteiger partial charge in [-0.1, -0.05) is 17.4 Å². The van der Waals surface area contributed by atoms with Crippen molar-refractivity contribution in [3.8, 4) is 5.75 Å². The van der Waals surface area contributed by atoms with E-state index in [-0.39, 0.29) is 11.8 Å². The van der Waals surface area contributed by atoms with E-state index in [1.165, 1.54) is 9.91 Å². The van der Waals surface area contributed by atoms with Gasteiger partial charge in [-0.3, -0.25) is 9.59 Å². The zero-order valence-electron chi connectivity index (χ0n) is 14.7. The molecule has 26 heavy (non-hydrogen) atoms. The second-order valence-electron chi connectivity index (χ2n) is 6.50. The zero-order chi connectivity index (χ0) is 18.4. The highest BCUT2D eigenvalue weighted by Crippen LogP contribution is 2.36. The fraction of sp³-hybridized carbons (Fsp3) is 0.263. The van der Waals surface area contributed by atoms with E-state index >= 15 is 0 Å².